The summed E-state index contributed by atoms with van der Waals surface area (Å²) < 4.78 is 16.0. The summed E-state index contributed by atoms with van der Waals surface area (Å²) in [4.78, 5) is 2.50. The maximum absolute atomic E-state index is 5.70. The molecule has 0 atom stereocenters. The monoisotopic (exact) mass is 430 g/mol. The van der Waals surface area contributed by atoms with Crippen molar-refractivity contribution < 1.29 is 9.47 Å². The highest BCUT2D eigenvalue weighted by Gasteiger charge is 2.30. The van der Waals surface area contributed by atoms with Crippen molar-refractivity contribution in [3.63, 3.8) is 0 Å². The highest BCUT2D eigenvalue weighted by molar-refractivity contribution is 7.71. The molecule has 1 aliphatic heterocycles. The van der Waals surface area contributed by atoms with Crippen molar-refractivity contribution in [2.24, 2.45) is 5.92 Å². The van der Waals surface area contributed by atoms with Gasteiger partial charge < -0.3 is 14.0 Å². The van der Waals surface area contributed by atoms with E-state index in [1.807, 2.05) is 6.07 Å². The number of aryl methyl sites for hydroxylation is 1. The molecular formula is C23H34N4O2S. The fourth-order valence-electron chi connectivity index (χ4n) is 4.48. The zero-order valence-corrected chi connectivity index (χ0v) is 19.3. The van der Waals surface area contributed by atoms with Gasteiger partial charge in [0.05, 0.1) is 20.9 Å². The fraction of sp³-hybridized carbons (Fsp3) is 0.652. The summed E-state index contributed by atoms with van der Waals surface area (Å²) in [5, 5.41) is 4.87. The molecule has 0 N–H and O–H groups in total. The third kappa shape index (κ3) is 4.89. The number of aromatic nitrogens is 3. The van der Waals surface area contributed by atoms with Crippen LogP contribution in [0.5, 0.6) is 11.5 Å². The molecule has 6 nitrogen and oxygen atoms in total. The van der Waals surface area contributed by atoms with E-state index < -0.39 is 0 Å². The topological polar surface area (TPSA) is 44.5 Å². The smallest absolute Gasteiger partial charge is 0.199 e. The van der Waals surface area contributed by atoms with Crippen molar-refractivity contribution in [1.29, 1.82) is 0 Å². The lowest BCUT2D eigenvalue weighted by Gasteiger charge is -2.31. The molecule has 0 unspecified atom stereocenters. The Labute approximate surface area is 184 Å². The van der Waals surface area contributed by atoms with Crippen LogP contribution in [0, 0.1) is 10.7 Å². The Morgan fingerprint density at radius 3 is 2.27 bits per heavy atom. The van der Waals surface area contributed by atoms with Crippen molar-refractivity contribution in [1.82, 2.24) is 19.2 Å². The average molecular weight is 431 g/mol. The normalized spacial score (nSPS) is 18.0. The van der Waals surface area contributed by atoms with Crippen molar-refractivity contribution in [3.8, 4) is 11.5 Å². The average Bonchev–Trinajstić information content (AvgIpc) is 3.58. The number of piperidine rings is 1. The van der Waals surface area contributed by atoms with Crippen LogP contribution in [-0.2, 0) is 19.6 Å². The number of hydrogen-bond acceptors (Lipinski definition) is 5. The largest absolute Gasteiger partial charge is 0.497 e. The van der Waals surface area contributed by atoms with Gasteiger partial charge in [-0.05, 0) is 81.3 Å². The van der Waals surface area contributed by atoms with Crippen molar-refractivity contribution >= 4 is 12.2 Å². The van der Waals surface area contributed by atoms with E-state index in [-0.39, 0.29) is 0 Å². The van der Waals surface area contributed by atoms with E-state index in [9.17, 15) is 0 Å². The third-order valence-electron chi connectivity index (χ3n) is 6.50. The molecule has 30 heavy (non-hydrogen) atoms. The number of hydrogen-bond donors (Lipinski definition) is 0. The fourth-order valence-corrected chi connectivity index (χ4v) is 4.80. The number of benzene rings is 1. The van der Waals surface area contributed by atoms with Crippen LogP contribution in [0.3, 0.4) is 0 Å². The molecule has 1 aliphatic carbocycles. The molecule has 164 valence electrons. The van der Waals surface area contributed by atoms with Crippen LogP contribution in [0.4, 0.5) is 0 Å². The predicted octanol–water partition coefficient (Wildman–Crippen LogP) is 4.63. The summed E-state index contributed by atoms with van der Waals surface area (Å²) in [6.45, 7) is 6.14. The molecule has 2 aromatic rings. The van der Waals surface area contributed by atoms with Crippen molar-refractivity contribution in [2.45, 2.75) is 64.6 Å². The van der Waals surface area contributed by atoms with Gasteiger partial charge in [-0.2, -0.15) is 5.10 Å². The first-order valence-corrected chi connectivity index (χ1v) is 11.6. The molecule has 0 amide bonds. The van der Waals surface area contributed by atoms with Gasteiger partial charge in [0, 0.05) is 31.6 Å². The van der Waals surface area contributed by atoms with Crippen LogP contribution in [-0.4, -0.2) is 46.6 Å². The van der Waals surface area contributed by atoms with Crippen LogP contribution in [0.15, 0.2) is 18.2 Å². The van der Waals surface area contributed by atoms with Gasteiger partial charge in [0.2, 0.25) is 0 Å². The summed E-state index contributed by atoms with van der Waals surface area (Å²) in [5.41, 5.74) is 1.29. The Morgan fingerprint density at radius 2 is 1.70 bits per heavy atom. The molecule has 1 saturated carbocycles. The van der Waals surface area contributed by atoms with Gasteiger partial charge in [-0.1, -0.05) is 0 Å². The van der Waals surface area contributed by atoms with Crippen LogP contribution < -0.4 is 9.47 Å². The summed E-state index contributed by atoms with van der Waals surface area (Å²) in [6.07, 6.45) is 7.26. The second kappa shape index (κ2) is 9.52. The lowest BCUT2D eigenvalue weighted by atomic mass is 9.90. The maximum Gasteiger partial charge on any atom is 0.199 e. The van der Waals surface area contributed by atoms with Gasteiger partial charge in [0.1, 0.15) is 17.3 Å². The Kier molecular flexibility index (Phi) is 6.78. The van der Waals surface area contributed by atoms with E-state index in [1.165, 1.54) is 43.5 Å². The van der Waals surface area contributed by atoms with E-state index in [4.69, 9.17) is 26.8 Å². The van der Waals surface area contributed by atoms with Gasteiger partial charge >= 0.3 is 0 Å². The van der Waals surface area contributed by atoms with Crippen LogP contribution in [0.1, 0.15) is 56.3 Å². The third-order valence-corrected chi connectivity index (χ3v) is 6.93. The lowest BCUT2D eigenvalue weighted by Crippen LogP contribution is -2.35. The standard InChI is InChI=1S/C23H34N4O2S/c1-4-26-22(19-7-8-19)24-27(23(26)30)16-25-11-9-17(10-12-25)5-6-18-13-20(28-2)15-21(14-18)29-3/h13-15,17,19H,4-12,16H2,1-3H3. The van der Waals surface area contributed by atoms with E-state index in [2.05, 4.69) is 33.2 Å². The Bertz CT molecular complexity index is 888. The zero-order valence-electron chi connectivity index (χ0n) is 18.5. The first-order valence-electron chi connectivity index (χ1n) is 11.2. The minimum absolute atomic E-state index is 0.633. The molecule has 2 fully saturated rings. The van der Waals surface area contributed by atoms with Gasteiger partial charge in [0.15, 0.2) is 4.77 Å². The molecule has 2 aliphatic rings. The molecule has 1 saturated heterocycles. The summed E-state index contributed by atoms with van der Waals surface area (Å²) in [7, 11) is 3.41. The quantitative estimate of drug-likeness (QED) is 0.543. The van der Waals surface area contributed by atoms with Crippen LogP contribution >= 0.6 is 12.2 Å². The summed E-state index contributed by atoms with van der Waals surface area (Å²) >= 11 is 5.70. The Hall–Kier alpha value is -1.86. The minimum Gasteiger partial charge on any atom is -0.497 e. The first kappa shape index (κ1) is 21.4. The highest BCUT2D eigenvalue weighted by atomic mass is 32.1. The van der Waals surface area contributed by atoms with E-state index in [1.54, 1.807) is 14.2 Å². The first-order chi connectivity index (χ1) is 14.6. The van der Waals surface area contributed by atoms with Crippen LogP contribution in [0.25, 0.3) is 0 Å². The molecule has 7 heteroatoms. The Morgan fingerprint density at radius 1 is 1.03 bits per heavy atom. The molecule has 0 radical (unpaired) electrons. The molecular weight excluding hydrogens is 396 g/mol. The summed E-state index contributed by atoms with van der Waals surface area (Å²) in [6, 6.07) is 6.18. The van der Waals surface area contributed by atoms with Crippen molar-refractivity contribution in [2.75, 3.05) is 27.3 Å². The lowest BCUT2D eigenvalue weighted by molar-refractivity contribution is 0.136. The van der Waals surface area contributed by atoms with E-state index >= 15 is 0 Å². The SMILES string of the molecule is CCn1c(C2CC2)nn(CN2CCC(CCc3cc(OC)cc(OC)c3)CC2)c1=S. The second-order valence-corrected chi connectivity index (χ2v) is 8.99. The molecule has 0 bridgehead atoms. The second-order valence-electron chi connectivity index (χ2n) is 8.62. The number of nitrogens with zero attached hydrogens (tertiary/aromatic N) is 4. The number of rotatable bonds is 9. The van der Waals surface area contributed by atoms with Gasteiger partial charge in [-0.3, -0.25) is 4.90 Å². The molecule has 2 heterocycles. The number of ether oxygens (including phenoxy) is 2. The van der Waals surface area contributed by atoms with Gasteiger partial charge in [0.25, 0.3) is 0 Å². The number of likely N-dealkylation sites (tertiary alicyclic amines) is 1. The maximum atomic E-state index is 5.70. The van der Waals surface area contributed by atoms with Crippen molar-refractivity contribution in [3.05, 3.63) is 34.4 Å². The summed E-state index contributed by atoms with van der Waals surface area (Å²) in [5.74, 6) is 4.34. The highest BCUT2D eigenvalue weighted by Crippen LogP contribution is 2.39. The van der Waals surface area contributed by atoms with E-state index in [0.717, 1.165) is 54.9 Å². The predicted molar refractivity (Wildman–Crippen MR) is 121 cm³/mol. The van der Waals surface area contributed by atoms with Gasteiger partial charge in [-0.25, -0.2) is 4.68 Å². The Balaban J connectivity index is 1.29. The van der Waals surface area contributed by atoms with Gasteiger partial charge in [-0.15, -0.1) is 0 Å². The molecule has 0 spiro atoms. The number of methoxy groups -OCH3 is 2. The molecule has 1 aromatic carbocycles. The molecule has 1 aromatic heterocycles. The molecule has 4 rings (SSSR count). The van der Waals surface area contributed by atoms with Crippen LogP contribution in [0.2, 0.25) is 0 Å². The van der Waals surface area contributed by atoms with E-state index in [0.29, 0.717) is 5.92 Å². The minimum atomic E-state index is 0.633. The zero-order chi connectivity index (χ0) is 21.1.